The summed E-state index contributed by atoms with van der Waals surface area (Å²) in [7, 11) is 0. The Balaban J connectivity index is 1.61. The highest BCUT2D eigenvalue weighted by Gasteiger charge is 2.19. The molecule has 0 saturated carbocycles. The number of benzene rings is 2. The number of aromatic nitrogens is 4. The van der Waals surface area contributed by atoms with Gasteiger partial charge in [-0.05, 0) is 29.6 Å². The molecule has 168 valence electrons. The van der Waals surface area contributed by atoms with Crippen molar-refractivity contribution in [1.82, 2.24) is 19.7 Å². The average Bonchev–Trinajstić information content (AvgIpc) is 3.51. The van der Waals surface area contributed by atoms with Crippen LogP contribution >= 0.6 is 34.5 Å². The monoisotopic (exact) mass is 507 g/mol. The lowest BCUT2D eigenvalue weighted by Crippen LogP contribution is -2.19. The number of carbonyl (C=O) groups is 1. The summed E-state index contributed by atoms with van der Waals surface area (Å²) >= 11 is 13.8. The molecule has 7 nitrogen and oxygen atoms in total. The van der Waals surface area contributed by atoms with E-state index in [-0.39, 0.29) is 22.1 Å². The smallest absolute Gasteiger partial charge is 0.258 e. The maximum atomic E-state index is 13.0. The van der Waals surface area contributed by atoms with Crippen molar-refractivity contribution < 1.29 is 4.79 Å². The molecule has 3 aromatic heterocycles. The zero-order valence-corrected chi connectivity index (χ0v) is 19.7. The second kappa shape index (κ2) is 9.26. The third-order valence-corrected chi connectivity index (χ3v) is 6.35. The van der Waals surface area contributed by atoms with Gasteiger partial charge in [-0.3, -0.25) is 14.6 Å². The Morgan fingerprint density at radius 1 is 0.971 bits per heavy atom. The first kappa shape index (κ1) is 22.1. The molecule has 5 rings (SSSR count). The van der Waals surface area contributed by atoms with E-state index in [0.29, 0.717) is 22.2 Å². The molecule has 0 aliphatic rings. The van der Waals surface area contributed by atoms with Gasteiger partial charge in [0.2, 0.25) is 5.95 Å². The number of hydrogen-bond acceptors (Lipinski definition) is 5. The quantitative estimate of drug-likeness (QED) is 0.309. The van der Waals surface area contributed by atoms with E-state index in [9.17, 15) is 9.59 Å². The molecule has 0 spiro atoms. The second-order valence-corrected chi connectivity index (χ2v) is 8.99. The minimum absolute atomic E-state index is 0.154. The first-order valence-electron chi connectivity index (χ1n) is 10.1. The molecule has 0 aliphatic carbocycles. The summed E-state index contributed by atoms with van der Waals surface area (Å²) in [6, 6.07) is 20.9. The number of anilines is 1. The van der Waals surface area contributed by atoms with Crippen LogP contribution in [0.25, 0.3) is 27.8 Å². The Labute approximate surface area is 207 Å². The fourth-order valence-corrected chi connectivity index (χ4v) is 4.39. The van der Waals surface area contributed by atoms with Crippen LogP contribution in [0.2, 0.25) is 10.0 Å². The van der Waals surface area contributed by atoms with Crippen LogP contribution in [-0.4, -0.2) is 25.7 Å². The van der Waals surface area contributed by atoms with E-state index in [4.69, 9.17) is 23.2 Å². The third kappa shape index (κ3) is 4.51. The van der Waals surface area contributed by atoms with E-state index in [1.165, 1.54) is 28.2 Å². The first-order chi connectivity index (χ1) is 16.5. The van der Waals surface area contributed by atoms with Crippen molar-refractivity contribution in [3.05, 3.63) is 104 Å². The number of H-pyrrole nitrogens is 1. The Bertz CT molecular complexity index is 1550. The highest BCUT2D eigenvalue weighted by Crippen LogP contribution is 2.29. The fraction of sp³-hybridized carbons (Fsp3) is 0. The summed E-state index contributed by atoms with van der Waals surface area (Å²) in [4.78, 5) is 33.7. The van der Waals surface area contributed by atoms with Crippen LogP contribution in [0.4, 0.5) is 5.82 Å². The van der Waals surface area contributed by atoms with Gasteiger partial charge in [0, 0.05) is 22.7 Å². The molecule has 34 heavy (non-hydrogen) atoms. The molecule has 10 heteroatoms. The molecular formula is C24H15Cl2N5O2S. The minimum Gasteiger partial charge on any atom is -0.306 e. The zero-order valence-electron chi connectivity index (χ0n) is 17.3. The topological polar surface area (TPSA) is 92.7 Å². The van der Waals surface area contributed by atoms with Gasteiger partial charge in [-0.2, -0.15) is 9.78 Å². The van der Waals surface area contributed by atoms with Crippen LogP contribution < -0.4 is 10.9 Å². The van der Waals surface area contributed by atoms with Crippen molar-refractivity contribution in [2.75, 3.05) is 5.32 Å². The van der Waals surface area contributed by atoms with Gasteiger partial charge in [0.1, 0.15) is 11.5 Å². The Morgan fingerprint density at radius 3 is 2.56 bits per heavy atom. The van der Waals surface area contributed by atoms with Crippen molar-refractivity contribution in [2.24, 2.45) is 0 Å². The number of nitrogens with one attached hydrogen (secondary N) is 2. The normalized spacial score (nSPS) is 10.9. The van der Waals surface area contributed by atoms with E-state index < -0.39 is 5.91 Å². The number of halogens is 2. The Kier molecular flexibility index (Phi) is 6.02. The van der Waals surface area contributed by atoms with Crippen LogP contribution in [0, 0.1) is 0 Å². The second-order valence-electron chi connectivity index (χ2n) is 7.20. The number of nitrogens with zero attached hydrogens (tertiary/aromatic N) is 3. The lowest BCUT2D eigenvalue weighted by molar-refractivity contribution is 0.102. The predicted octanol–water partition coefficient (Wildman–Crippen LogP) is 5.91. The van der Waals surface area contributed by atoms with Crippen molar-refractivity contribution in [3.63, 3.8) is 0 Å². The zero-order chi connectivity index (χ0) is 23.7. The number of rotatable bonds is 5. The van der Waals surface area contributed by atoms with Gasteiger partial charge < -0.3 is 5.32 Å². The molecule has 5 aromatic rings. The number of thiophene rings is 1. The summed E-state index contributed by atoms with van der Waals surface area (Å²) in [6.07, 6.45) is 0. The molecule has 1 amide bonds. The lowest BCUT2D eigenvalue weighted by atomic mass is 10.1. The van der Waals surface area contributed by atoms with E-state index in [2.05, 4.69) is 20.4 Å². The molecule has 0 unspecified atom stereocenters. The summed E-state index contributed by atoms with van der Waals surface area (Å²) in [5.74, 6) is -0.0209. The fourth-order valence-electron chi connectivity index (χ4n) is 3.33. The molecule has 3 heterocycles. The number of amides is 1. The molecule has 0 atom stereocenters. The van der Waals surface area contributed by atoms with Crippen molar-refractivity contribution in [3.8, 4) is 27.8 Å². The highest BCUT2D eigenvalue weighted by atomic mass is 35.5. The number of carbonyl (C=O) groups excluding carboxylic acids is 1. The molecule has 0 fully saturated rings. The van der Waals surface area contributed by atoms with Crippen LogP contribution in [-0.2, 0) is 0 Å². The van der Waals surface area contributed by atoms with E-state index in [0.717, 1.165) is 10.4 Å². The summed E-state index contributed by atoms with van der Waals surface area (Å²) in [6.45, 7) is 0. The number of aromatic amines is 1. The average molecular weight is 508 g/mol. The van der Waals surface area contributed by atoms with Crippen molar-refractivity contribution in [2.45, 2.75) is 0 Å². The summed E-state index contributed by atoms with van der Waals surface area (Å²) < 4.78 is 1.39. The van der Waals surface area contributed by atoms with Gasteiger partial charge in [0.25, 0.3) is 11.5 Å². The Morgan fingerprint density at radius 2 is 1.79 bits per heavy atom. The minimum atomic E-state index is -0.479. The van der Waals surface area contributed by atoms with E-state index in [1.807, 2.05) is 47.8 Å². The highest BCUT2D eigenvalue weighted by molar-refractivity contribution is 7.13. The SMILES string of the molecule is O=C(Nc1cc(-c2cccs2)nn1-c1nc(-c2ccccc2)cc(=O)[nH]1)c1cc(Cl)ccc1Cl. The Hall–Kier alpha value is -3.72. The molecule has 0 aliphatic heterocycles. The van der Waals surface area contributed by atoms with Crippen molar-refractivity contribution >= 4 is 46.3 Å². The number of hydrogen-bond donors (Lipinski definition) is 2. The molecule has 2 N–H and O–H groups in total. The van der Waals surface area contributed by atoms with Gasteiger partial charge in [-0.25, -0.2) is 4.98 Å². The van der Waals surface area contributed by atoms with Gasteiger partial charge in [-0.1, -0.05) is 59.6 Å². The van der Waals surface area contributed by atoms with E-state index >= 15 is 0 Å². The third-order valence-electron chi connectivity index (χ3n) is 4.90. The summed E-state index contributed by atoms with van der Waals surface area (Å²) in [5.41, 5.74) is 1.71. The van der Waals surface area contributed by atoms with Crippen LogP contribution in [0.1, 0.15) is 10.4 Å². The van der Waals surface area contributed by atoms with Crippen molar-refractivity contribution in [1.29, 1.82) is 0 Å². The van der Waals surface area contributed by atoms with Crippen LogP contribution in [0.3, 0.4) is 0 Å². The standard InChI is InChI=1S/C24H15Cl2N5O2S/c25-15-8-9-17(26)16(11-15)23(33)28-21-12-19(20-7-4-10-34-20)30-31(21)24-27-18(13-22(32)29-24)14-5-2-1-3-6-14/h1-13H,(H,28,33)(H,27,29,32). The van der Waals surface area contributed by atoms with Crippen LogP contribution in [0.15, 0.2) is 83.0 Å². The maximum Gasteiger partial charge on any atom is 0.258 e. The predicted molar refractivity (Wildman–Crippen MR) is 135 cm³/mol. The molecule has 0 radical (unpaired) electrons. The van der Waals surface area contributed by atoms with Crippen LogP contribution in [0.5, 0.6) is 0 Å². The molecule has 0 bridgehead atoms. The molecule has 2 aromatic carbocycles. The lowest BCUT2D eigenvalue weighted by Gasteiger charge is -2.10. The first-order valence-corrected chi connectivity index (χ1v) is 11.7. The van der Waals surface area contributed by atoms with Gasteiger partial charge >= 0.3 is 0 Å². The van der Waals surface area contributed by atoms with Gasteiger partial charge in [0.15, 0.2) is 0 Å². The molecular weight excluding hydrogens is 493 g/mol. The van der Waals surface area contributed by atoms with Gasteiger partial charge in [0.05, 0.1) is 21.2 Å². The maximum absolute atomic E-state index is 13.0. The molecule has 0 saturated heterocycles. The van der Waals surface area contributed by atoms with E-state index in [1.54, 1.807) is 18.2 Å². The summed E-state index contributed by atoms with van der Waals surface area (Å²) in [5, 5.41) is 9.98. The van der Waals surface area contributed by atoms with Gasteiger partial charge in [-0.15, -0.1) is 11.3 Å². The largest absolute Gasteiger partial charge is 0.306 e.